The Kier molecular flexibility index (Phi) is 2.58. The molecule has 1 aromatic carbocycles. The summed E-state index contributed by atoms with van der Waals surface area (Å²) in [5.74, 6) is -0.848. The number of carboxylic acids is 1. The molecule has 0 fully saturated rings. The topological polar surface area (TPSA) is 37.3 Å². The third-order valence-corrected chi connectivity index (χ3v) is 3.58. The number of hydrogen-bond acceptors (Lipinski definition) is 1. The van der Waals surface area contributed by atoms with Gasteiger partial charge in [0.25, 0.3) is 0 Å². The summed E-state index contributed by atoms with van der Waals surface area (Å²) in [5.41, 5.74) is 7.33. The molecule has 1 N–H and O–H groups in total. The van der Waals surface area contributed by atoms with E-state index in [9.17, 15) is 4.79 Å². The van der Waals surface area contributed by atoms with Crippen molar-refractivity contribution < 1.29 is 9.90 Å². The lowest BCUT2D eigenvalue weighted by Crippen LogP contribution is -1.95. The summed E-state index contributed by atoms with van der Waals surface area (Å²) in [6.07, 6.45) is 3.17. The summed E-state index contributed by atoms with van der Waals surface area (Å²) < 4.78 is 0. The fourth-order valence-electron chi connectivity index (χ4n) is 2.44. The first-order valence-corrected chi connectivity index (χ1v) is 5.54. The summed E-state index contributed by atoms with van der Waals surface area (Å²) in [6.45, 7) is 6.34. The molecule has 0 radical (unpaired) electrons. The highest BCUT2D eigenvalue weighted by atomic mass is 16.4. The van der Waals surface area contributed by atoms with Crippen LogP contribution < -0.4 is 0 Å². The highest BCUT2D eigenvalue weighted by Gasteiger charge is 2.20. The van der Waals surface area contributed by atoms with Crippen LogP contribution in [0.5, 0.6) is 0 Å². The van der Waals surface area contributed by atoms with Gasteiger partial charge in [-0.05, 0) is 67.0 Å². The van der Waals surface area contributed by atoms with E-state index in [1.807, 2.05) is 0 Å². The normalized spacial score (nSPS) is 16.6. The second kappa shape index (κ2) is 3.78. The molecule has 0 heterocycles. The standard InChI is InChI=1S/C14H16O2/c1-8-6-13-11(7-14(15)16)4-5-12(13)10(3)9(8)2/h6-7H,4-5H2,1-3H3,(H,15,16). The molecule has 0 saturated carbocycles. The quantitative estimate of drug-likeness (QED) is 0.733. The molecule has 16 heavy (non-hydrogen) atoms. The van der Waals surface area contributed by atoms with E-state index in [1.165, 1.54) is 28.3 Å². The van der Waals surface area contributed by atoms with Crippen LogP contribution in [0.4, 0.5) is 0 Å². The Morgan fingerprint density at radius 1 is 1.25 bits per heavy atom. The van der Waals surface area contributed by atoms with Gasteiger partial charge in [0.15, 0.2) is 0 Å². The fraction of sp³-hybridized carbons (Fsp3) is 0.357. The average Bonchev–Trinajstić information content (AvgIpc) is 2.58. The number of fused-ring (bicyclic) bond motifs is 1. The minimum Gasteiger partial charge on any atom is -0.478 e. The fourth-order valence-corrected chi connectivity index (χ4v) is 2.44. The molecule has 0 aromatic heterocycles. The lowest BCUT2D eigenvalue weighted by atomic mass is 9.94. The Morgan fingerprint density at radius 3 is 2.56 bits per heavy atom. The number of benzene rings is 1. The summed E-state index contributed by atoms with van der Waals surface area (Å²) in [5, 5.41) is 8.82. The lowest BCUT2D eigenvalue weighted by Gasteiger charge is -2.11. The number of aryl methyl sites for hydroxylation is 1. The SMILES string of the molecule is Cc1cc2c(c(C)c1C)CCC2=CC(=O)O. The van der Waals surface area contributed by atoms with E-state index in [0.717, 1.165) is 24.0 Å². The smallest absolute Gasteiger partial charge is 0.328 e. The third kappa shape index (κ3) is 1.64. The number of aliphatic carboxylic acids is 1. The lowest BCUT2D eigenvalue weighted by molar-refractivity contribution is -0.131. The molecule has 1 aliphatic carbocycles. The van der Waals surface area contributed by atoms with Gasteiger partial charge in [0.05, 0.1) is 0 Å². The number of allylic oxidation sites excluding steroid dienone is 1. The van der Waals surface area contributed by atoms with Crippen molar-refractivity contribution in [1.82, 2.24) is 0 Å². The van der Waals surface area contributed by atoms with Crippen molar-refractivity contribution in [3.63, 3.8) is 0 Å². The zero-order valence-electron chi connectivity index (χ0n) is 9.92. The van der Waals surface area contributed by atoms with E-state index in [0.29, 0.717) is 0 Å². The molecule has 2 heteroatoms. The number of hydrogen-bond donors (Lipinski definition) is 1. The monoisotopic (exact) mass is 216 g/mol. The van der Waals surface area contributed by atoms with Crippen molar-refractivity contribution in [3.8, 4) is 0 Å². The Labute approximate surface area is 95.6 Å². The Balaban J connectivity index is 2.61. The van der Waals surface area contributed by atoms with E-state index >= 15 is 0 Å². The minimum atomic E-state index is -0.848. The van der Waals surface area contributed by atoms with E-state index in [4.69, 9.17) is 5.11 Å². The second-order valence-corrected chi connectivity index (χ2v) is 4.48. The van der Waals surface area contributed by atoms with Gasteiger partial charge < -0.3 is 5.11 Å². The van der Waals surface area contributed by atoms with Crippen LogP contribution in [0.1, 0.15) is 34.2 Å². The van der Waals surface area contributed by atoms with Crippen LogP contribution in [0.2, 0.25) is 0 Å². The van der Waals surface area contributed by atoms with Crippen molar-refractivity contribution in [1.29, 1.82) is 0 Å². The molecular weight excluding hydrogens is 200 g/mol. The molecule has 0 atom stereocenters. The first-order valence-electron chi connectivity index (χ1n) is 5.54. The molecule has 0 aliphatic heterocycles. The Hall–Kier alpha value is -1.57. The number of carbonyl (C=O) groups is 1. The van der Waals surface area contributed by atoms with Gasteiger partial charge in [0, 0.05) is 6.08 Å². The van der Waals surface area contributed by atoms with Crippen molar-refractivity contribution in [2.45, 2.75) is 33.6 Å². The van der Waals surface area contributed by atoms with Crippen LogP contribution in [-0.2, 0) is 11.2 Å². The van der Waals surface area contributed by atoms with Crippen LogP contribution in [0.3, 0.4) is 0 Å². The van der Waals surface area contributed by atoms with Crippen LogP contribution in [0, 0.1) is 20.8 Å². The number of carboxylic acid groups (broad SMARTS) is 1. The van der Waals surface area contributed by atoms with Crippen molar-refractivity contribution >= 4 is 11.5 Å². The van der Waals surface area contributed by atoms with Gasteiger partial charge in [-0.25, -0.2) is 4.79 Å². The molecule has 0 bridgehead atoms. The van der Waals surface area contributed by atoms with Crippen LogP contribution in [-0.4, -0.2) is 11.1 Å². The zero-order valence-corrected chi connectivity index (χ0v) is 9.92. The van der Waals surface area contributed by atoms with Gasteiger partial charge in [-0.3, -0.25) is 0 Å². The molecule has 0 unspecified atom stereocenters. The summed E-state index contributed by atoms with van der Waals surface area (Å²) >= 11 is 0. The second-order valence-electron chi connectivity index (χ2n) is 4.48. The van der Waals surface area contributed by atoms with Crippen LogP contribution in [0.15, 0.2) is 12.1 Å². The summed E-state index contributed by atoms with van der Waals surface area (Å²) in [6, 6.07) is 2.12. The maximum Gasteiger partial charge on any atom is 0.328 e. The number of rotatable bonds is 1. The van der Waals surface area contributed by atoms with Crippen LogP contribution in [0.25, 0.3) is 5.57 Å². The van der Waals surface area contributed by atoms with E-state index in [1.54, 1.807) is 0 Å². The Bertz CT molecular complexity index is 496. The maximum atomic E-state index is 10.7. The molecule has 0 saturated heterocycles. The highest BCUT2D eigenvalue weighted by molar-refractivity contribution is 5.92. The van der Waals surface area contributed by atoms with Crippen molar-refractivity contribution in [2.75, 3.05) is 0 Å². The third-order valence-electron chi connectivity index (χ3n) is 3.58. The van der Waals surface area contributed by atoms with Gasteiger partial charge >= 0.3 is 5.97 Å². The molecule has 0 amide bonds. The molecule has 1 aliphatic rings. The van der Waals surface area contributed by atoms with E-state index in [-0.39, 0.29) is 0 Å². The highest BCUT2D eigenvalue weighted by Crippen LogP contribution is 2.36. The average molecular weight is 216 g/mol. The van der Waals surface area contributed by atoms with E-state index in [2.05, 4.69) is 26.8 Å². The van der Waals surface area contributed by atoms with Crippen LogP contribution >= 0.6 is 0 Å². The van der Waals surface area contributed by atoms with E-state index < -0.39 is 5.97 Å². The first-order chi connectivity index (χ1) is 7.50. The van der Waals surface area contributed by atoms with Crippen molar-refractivity contribution in [3.05, 3.63) is 40.0 Å². The van der Waals surface area contributed by atoms with Gasteiger partial charge in [-0.15, -0.1) is 0 Å². The predicted octanol–water partition coefficient (Wildman–Crippen LogP) is 3.03. The predicted molar refractivity (Wildman–Crippen MR) is 64.6 cm³/mol. The van der Waals surface area contributed by atoms with Gasteiger partial charge in [-0.2, -0.15) is 0 Å². The maximum absolute atomic E-state index is 10.7. The first kappa shape index (κ1) is 10.9. The zero-order chi connectivity index (χ0) is 11.9. The van der Waals surface area contributed by atoms with Gasteiger partial charge in [-0.1, -0.05) is 6.07 Å². The molecule has 84 valence electrons. The van der Waals surface area contributed by atoms with Crippen molar-refractivity contribution in [2.24, 2.45) is 0 Å². The van der Waals surface area contributed by atoms with Gasteiger partial charge in [0.1, 0.15) is 0 Å². The minimum absolute atomic E-state index is 0.848. The van der Waals surface area contributed by atoms with Gasteiger partial charge in [0.2, 0.25) is 0 Å². The molecule has 0 spiro atoms. The molecule has 2 nitrogen and oxygen atoms in total. The largest absolute Gasteiger partial charge is 0.478 e. The summed E-state index contributed by atoms with van der Waals surface area (Å²) in [7, 11) is 0. The molecule has 1 aromatic rings. The molecular formula is C14H16O2. The summed E-state index contributed by atoms with van der Waals surface area (Å²) in [4.78, 5) is 10.7. The molecule has 2 rings (SSSR count). The Morgan fingerprint density at radius 2 is 1.94 bits per heavy atom.